The summed E-state index contributed by atoms with van der Waals surface area (Å²) in [5.74, 6) is 1.52. The van der Waals surface area contributed by atoms with Gasteiger partial charge in [-0.2, -0.15) is 0 Å². The summed E-state index contributed by atoms with van der Waals surface area (Å²) in [5, 5.41) is 0.642. The Morgan fingerprint density at radius 3 is 2.55 bits per heavy atom. The molecule has 0 saturated heterocycles. The van der Waals surface area contributed by atoms with Crippen molar-refractivity contribution in [1.82, 2.24) is 9.55 Å². The third-order valence-corrected chi connectivity index (χ3v) is 3.66. The first-order valence-electron chi connectivity index (χ1n) is 7.31. The minimum absolute atomic E-state index is 0.0180. The average Bonchev–Trinajstić information content (AvgIpc) is 2.52. The first-order valence-corrected chi connectivity index (χ1v) is 7.31. The van der Waals surface area contributed by atoms with Crippen LogP contribution in [0, 0.1) is 13.8 Å². The molecule has 112 valence electrons. The van der Waals surface area contributed by atoms with Gasteiger partial charge in [0.1, 0.15) is 18.2 Å². The van der Waals surface area contributed by atoms with E-state index in [2.05, 4.69) is 4.98 Å². The van der Waals surface area contributed by atoms with E-state index < -0.39 is 0 Å². The zero-order chi connectivity index (χ0) is 15.5. The van der Waals surface area contributed by atoms with Gasteiger partial charge in [0.25, 0.3) is 5.56 Å². The highest BCUT2D eigenvalue weighted by Crippen LogP contribution is 2.12. The molecular formula is C18H18N2O2. The Hall–Kier alpha value is -2.62. The first-order chi connectivity index (χ1) is 10.6. The lowest BCUT2D eigenvalue weighted by Gasteiger charge is -2.12. The molecule has 1 aromatic heterocycles. The lowest BCUT2D eigenvalue weighted by atomic mass is 10.2. The molecule has 4 nitrogen and oxygen atoms in total. The van der Waals surface area contributed by atoms with Gasteiger partial charge in [0.05, 0.1) is 17.4 Å². The van der Waals surface area contributed by atoms with E-state index in [1.807, 2.05) is 56.3 Å². The van der Waals surface area contributed by atoms with Gasteiger partial charge in [-0.1, -0.05) is 29.8 Å². The molecule has 2 aromatic carbocycles. The van der Waals surface area contributed by atoms with Gasteiger partial charge in [-0.15, -0.1) is 0 Å². The van der Waals surface area contributed by atoms with Gasteiger partial charge >= 0.3 is 0 Å². The Morgan fingerprint density at radius 1 is 1.05 bits per heavy atom. The highest BCUT2D eigenvalue weighted by Gasteiger charge is 2.07. The minimum Gasteiger partial charge on any atom is -0.492 e. The van der Waals surface area contributed by atoms with Gasteiger partial charge in [-0.3, -0.25) is 9.36 Å². The average molecular weight is 294 g/mol. The van der Waals surface area contributed by atoms with Gasteiger partial charge < -0.3 is 4.74 Å². The Morgan fingerprint density at radius 2 is 1.77 bits per heavy atom. The topological polar surface area (TPSA) is 44.1 Å². The lowest BCUT2D eigenvalue weighted by molar-refractivity contribution is 0.294. The van der Waals surface area contributed by atoms with E-state index in [0.717, 1.165) is 11.3 Å². The van der Waals surface area contributed by atoms with Gasteiger partial charge in [0.2, 0.25) is 0 Å². The molecule has 0 fully saturated rings. The largest absolute Gasteiger partial charge is 0.492 e. The molecule has 0 N–H and O–H groups in total. The number of benzene rings is 2. The summed E-state index contributed by atoms with van der Waals surface area (Å²) in [6, 6.07) is 15.3. The van der Waals surface area contributed by atoms with Crippen LogP contribution in [0.5, 0.6) is 5.75 Å². The summed E-state index contributed by atoms with van der Waals surface area (Å²) in [6.45, 7) is 4.80. The fraction of sp³-hybridized carbons (Fsp3) is 0.222. The summed E-state index contributed by atoms with van der Waals surface area (Å²) in [5.41, 5.74) is 1.91. The maximum atomic E-state index is 12.5. The number of para-hydroxylation sites is 1. The van der Waals surface area contributed by atoms with E-state index in [0.29, 0.717) is 24.4 Å². The second kappa shape index (κ2) is 6.02. The van der Waals surface area contributed by atoms with Gasteiger partial charge in [0, 0.05) is 0 Å². The fourth-order valence-electron chi connectivity index (χ4n) is 2.43. The maximum Gasteiger partial charge on any atom is 0.261 e. The molecule has 0 aliphatic heterocycles. The molecule has 0 spiro atoms. The van der Waals surface area contributed by atoms with Crippen molar-refractivity contribution in [2.24, 2.45) is 0 Å². The van der Waals surface area contributed by atoms with Crippen molar-refractivity contribution in [2.75, 3.05) is 6.61 Å². The smallest absolute Gasteiger partial charge is 0.261 e. The molecule has 0 saturated carbocycles. The third kappa shape index (κ3) is 2.86. The molecule has 0 bridgehead atoms. The van der Waals surface area contributed by atoms with E-state index in [1.54, 1.807) is 10.6 Å². The standard InChI is InChI=1S/C18H18N2O2/c1-13-7-9-15(10-8-13)22-12-11-20-14(2)19-17-6-4-3-5-16(17)18(20)21/h3-10H,11-12H2,1-2H3. The number of ether oxygens (including phenoxy) is 1. The van der Waals surface area contributed by atoms with Crippen LogP contribution in [0.15, 0.2) is 53.3 Å². The monoisotopic (exact) mass is 294 g/mol. The van der Waals surface area contributed by atoms with Crippen molar-refractivity contribution >= 4 is 10.9 Å². The van der Waals surface area contributed by atoms with Crippen LogP contribution in [0.2, 0.25) is 0 Å². The summed E-state index contributed by atoms with van der Waals surface area (Å²) in [4.78, 5) is 17.0. The molecule has 3 aromatic rings. The molecule has 0 aliphatic rings. The lowest BCUT2D eigenvalue weighted by Crippen LogP contribution is -2.26. The molecule has 1 heterocycles. The van der Waals surface area contributed by atoms with E-state index in [9.17, 15) is 4.79 Å². The normalized spacial score (nSPS) is 10.8. The van der Waals surface area contributed by atoms with Crippen molar-refractivity contribution in [3.05, 3.63) is 70.3 Å². The number of fused-ring (bicyclic) bond motifs is 1. The number of hydrogen-bond donors (Lipinski definition) is 0. The van der Waals surface area contributed by atoms with Crippen molar-refractivity contribution < 1.29 is 4.74 Å². The number of hydrogen-bond acceptors (Lipinski definition) is 3. The van der Waals surface area contributed by atoms with Crippen molar-refractivity contribution in [2.45, 2.75) is 20.4 Å². The predicted molar refractivity (Wildman–Crippen MR) is 87.4 cm³/mol. The molecule has 22 heavy (non-hydrogen) atoms. The summed E-state index contributed by atoms with van der Waals surface area (Å²) in [6.07, 6.45) is 0. The molecule has 4 heteroatoms. The van der Waals surface area contributed by atoms with Crippen LogP contribution in [0.25, 0.3) is 10.9 Å². The number of nitrogens with zero attached hydrogens (tertiary/aromatic N) is 2. The third-order valence-electron chi connectivity index (χ3n) is 3.66. The summed E-state index contributed by atoms with van der Waals surface area (Å²) in [7, 11) is 0. The van der Waals surface area contributed by atoms with Gasteiger partial charge in [-0.25, -0.2) is 4.98 Å². The molecule has 3 rings (SSSR count). The highest BCUT2D eigenvalue weighted by molar-refractivity contribution is 5.77. The van der Waals surface area contributed by atoms with E-state index >= 15 is 0 Å². The molecule has 0 atom stereocenters. The quantitative estimate of drug-likeness (QED) is 0.742. The Labute approximate surface area is 129 Å². The van der Waals surface area contributed by atoms with Gasteiger partial charge in [-0.05, 0) is 38.1 Å². The second-order valence-corrected chi connectivity index (χ2v) is 5.29. The van der Waals surface area contributed by atoms with Crippen LogP contribution >= 0.6 is 0 Å². The van der Waals surface area contributed by atoms with E-state index in [4.69, 9.17) is 4.74 Å². The molecular weight excluding hydrogens is 276 g/mol. The van der Waals surface area contributed by atoms with E-state index in [-0.39, 0.29) is 5.56 Å². The fourth-order valence-corrected chi connectivity index (χ4v) is 2.43. The maximum absolute atomic E-state index is 12.5. The van der Waals surface area contributed by atoms with Crippen LogP contribution in [-0.4, -0.2) is 16.2 Å². The highest BCUT2D eigenvalue weighted by atomic mass is 16.5. The predicted octanol–water partition coefficient (Wildman–Crippen LogP) is 3.09. The summed E-state index contributed by atoms with van der Waals surface area (Å²) < 4.78 is 7.36. The minimum atomic E-state index is -0.0180. The molecule has 0 unspecified atom stereocenters. The van der Waals surface area contributed by atoms with Crippen LogP contribution in [0.3, 0.4) is 0 Å². The van der Waals surface area contributed by atoms with Crippen LogP contribution in [0.4, 0.5) is 0 Å². The number of aromatic nitrogens is 2. The number of rotatable bonds is 4. The molecule has 0 radical (unpaired) electrons. The van der Waals surface area contributed by atoms with Crippen molar-refractivity contribution in [1.29, 1.82) is 0 Å². The Bertz CT molecular complexity index is 851. The Balaban J connectivity index is 1.79. The SMILES string of the molecule is Cc1ccc(OCCn2c(C)nc3ccccc3c2=O)cc1. The van der Waals surface area contributed by atoms with Gasteiger partial charge in [0.15, 0.2) is 0 Å². The first kappa shape index (κ1) is 14.3. The summed E-state index contributed by atoms with van der Waals surface area (Å²) >= 11 is 0. The Kier molecular flexibility index (Phi) is 3.92. The van der Waals surface area contributed by atoms with Crippen LogP contribution in [-0.2, 0) is 6.54 Å². The van der Waals surface area contributed by atoms with Crippen LogP contribution in [0.1, 0.15) is 11.4 Å². The van der Waals surface area contributed by atoms with Crippen molar-refractivity contribution in [3.63, 3.8) is 0 Å². The molecule has 0 aliphatic carbocycles. The number of aryl methyl sites for hydroxylation is 2. The molecule has 0 amide bonds. The zero-order valence-corrected chi connectivity index (χ0v) is 12.7. The van der Waals surface area contributed by atoms with Crippen LogP contribution < -0.4 is 10.3 Å². The second-order valence-electron chi connectivity index (χ2n) is 5.29. The van der Waals surface area contributed by atoms with E-state index in [1.165, 1.54) is 5.56 Å². The zero-order valence-electron chi connectivity index (χ0n) is 12.7. The van der Waals surface area contributed by atoms with Crippen molar-refractivity contribution in [3.8, 4) is 5.75 Å².